The molecule has 0 spiro atoms. The van der Waals surface area contributed by atoms with E-state index in [1.165, 1.54) is 16.0 Å². The first-order valence-corrected chi connectivity index (χ1v) is 9.92. The van der Waals surface area contributed by atoms with E-state index in [1.54, 1.807) is 11.3 Å². The lowest BCUT2D eigenvalue weighted by Crippen LogP contribution is -2.38. The van der Waals surface area contributed by atoms with Crippen molar-refractivity contribution in [2.24, 2.45) is 0 Å². The molecule has 2 aliphatic heterocycles. The van der Waals surface area contributed by atoms with E-state index in [-0.39, 0.29) is 12.1 Å². The number of amides is 1. The Balaban J connectivity index is 1.61. The number of carbonyl (C=O) groups excluding carboxylic acids is 1. The summed E-state index contributed by atoms with van der Waals surface area (Å²) in [4.78, 5) is 16.5. The number of nitrogens with one attached hydrogen (secondary N) is 2. The molecular formula is C20H25N3OS. The Hall–Kier alpha value is -1.85. The lowest BCUT2D eigenvalue weighted by atomic mass is 9.98. The molecule has 0 aliphatic carbocycles. The average Bonchev–Trinajstić information content (AvgIpc) is 2.99. The van der Waals surface area contributed by atoms with Gasteiger partial charge in [-0.05, 0) is 35.6 Å². The molecule has 2 aliphatic rings. The molecule has 132 valence electrons. The zero-order valence-corrected chi connectivity index (χ0v) is 15.9. The van der Waals surface area contributed by atoms with Gasteiger partial charge in [-0.2, -0.15) is 0 Å². The molecule has 0 saturated carbocycles. The summed E-state index contributed by atoms with van der Waals surface area (Å²) in [5.74, 6) is 0.578. The van der Waals surface area contributed by atoms with Crippen LogP contribution in [0.3, 0.4) is 0 Å². The van der Waals surface area contributed by atoms with E-state index in [0.29, 0.717) is 5.92 Å². The number of fused-ring (bicyclic) bond motifs is 3. The van der Waals surface area contributed by atoms with Crippen LogP contribution in [0.1, 0.15) is 64.8 Å². The van der Waals surface area contributed by atoms with Gasteiger partial charge < -0.3 is 10.6 Å². The van der Waals surface area contributed by atoms with Crippen LogP contribution in [0.4, 0.5) is 5.00 Å². The predicted octanol–water partition coefficient (Wildman–Crippen LogP) is 4.10. The fourth-order valence-corrected chi connectivity index (χ4v) is 4.99. The maximum atomic E-state index is 12.8. The molecule has 0 fully saturated rings. The van der Waals surface area contributed by atoms with Crippen molar-refractivity contribution in [3.8, 4) is 0 Å². The zero-order chi connectivity index (χ0) is 17.6. The normalized spacial score (nSPS) is 20.0. The Morgan fingerprint density at radius 1 is 1.24 bits per heavy atom. The lowest BCUT2D eigenvalue weighted by Gasteiger charge is -2.28. The van der Waals surface area contributed by atoms with Crippen LogP contribution in [-0.4, -0.2) is 23.9 Å². The topological polar surface area (TPSA) is 44.4 Å². The van der Waals surface area contributed by atoms with E-state index >= 15 is 0 Å². The first-order valence-electron chi connectivity index (χ1n) is 9.11. The molecular weight excluding hydrogens is 330 g/mol. The number of benzene rings is 1. The van der Waals surface area contributed by atoms with Crippen LogP contribution < -0.4 is 10.6 Å². The maximum absolute atomic E-state index is 12.8. The van der Waals surface area contributed by atoms with Crippen LogP contribution in [0.5, 0.6) is 0 Å². The van der Waals surface area contributed by atoms with Gasteiger partial charge in [0, 0.05) is 18.0 Å². The Labute approximate surface area is 153 Å². The fraction of sp³-hybridized carbons (Fsp3) is 0.450. The number of thiophene rings is 1. The Kier molecular flexibility index (Phi) is 4.29. The molecule has 0 radical (unpaired) electrons. The van der Waals surface area contributed by atoms with Crippen LogP contribution >= 0.6 is 11.3 Å². The standard InChI is InChI=1S/C20H25N3OS/c1-4-23-10-9-15-16(11-23)25-20-17(15)19(24)21-18(22-20)14-7-5-13(6-8-14)12(2)3/h5-8,12,18,22H,4,9-11H2,1-3H3,(H,21,24)/t18-/m1/s1. The van der Waals surface area contributed by atoms with Gasteiger partial charge in [0.15, 0.2) is 0 Å². The third kappa shape index (κ3) is 2.96. The number of hydrogen-bond acceptors (Lipinski definition) is 4. The number of anilines is 1. The molecule has 3 heterocycles. The van der Waals surface area contributed by atoms with Crippen molar-refractivity contribution in [2.45, 2.75) is 45.8 Å². The Morgan fingerprint density at radius 3 is 2.68 bits per heavy atom. The van der Waals surface area contributed by atoms with Gasteiger partial charge in [0.2, 0.25) is 0 Å². The summed E-state index contributed by atoms with van der Waals surface area (Å²) in [5.41, 5.74) is 4.55. The van der Waals surface area contributed by atoms with Gasteiger partial charge in [-0.25, -0.2) is 0 Å². The van der Waals surface area contributed by atoms with Gasteiger partial charge in [-0.1, -0.05) is 45.0 Å². The van der Waals surface area contributed by atoms with Gasteiger partial charge in [-0.3, -0.25) is 9.69 Å². The van der Waals surface area contributed by atoms with Gasteiger partial charge in [-0.15, -0.1) is 11.3 Å². The quantitative estimate of drug-likeness (QED) is 0.871. The van der Waals surface area contributed by atoms with E-state index in [0.717, 1.165) is 42.2 Å². The highest BCUT2D eigenvalue weighted by molar-refractivity contribution is 7.16. The third-order valence-corrected chi connectivity index (χ3v) is 6.45. The van der Waals surface area contributed by atoms with Gasteiger partial charge in [0.25, 0.3) is 5.91 Å². The lowest BCUT2D eigenvalue weighted by molar-refractivity contribution is 0.0934. The highest BCUT2D eigenvalue weighted by Crippen LogP contribution is 2.40. The Morgan fingerprint density at radius 2 is 2.00 bits per heavy atom. The minimum absolute atomic E-state index is 0.0640. The summed E-state index contributed by atoms with van der Waals surface area (Å²) >= 11 is 1.75. The molecule has 4 nitrogen and oxygen atoms in total. The Bertz CT molecular complexity index is 794. The SMILES string of the molecule is CCN1CCc2c(sc3c2C(=O)N[C@@H](c2ccc(C(C)C)cc2)N3)C1. The van der Waals surface area contributed by atoms with E-state index in [2.05, 4.69) is 60.6 Å². The predicted molar refractivity (Wildman–Crippen MR) is 103 cm³/mol. The van der Waals surface area contributed by atoms with Crippen molar-refractivity contribution in [1.29, 1.82) is 0 Å². The summed E-state index contributed by atoms with van der Waals surface area (Å²) in [6.07, 6.45) is 0.821. The number of rotatable bonds is 3. The molecule has 0 saturated heterocycles. The summed E-state index contributed by atoms with van der Waals surface area (Å²) < 4.78 is 0. The van der Waals surface area contributed by atoms with Crippen molar-refractivity contribution < 1.29 is 4.79 Å². The third-order valence-electron chi connectivity index (χ3n) is 5.30. The van der Waals surface area contributed by atoms with Gasteiger partial charge in [0.1, 0.15) is 11.2 Å². The summed E-state index contributed by atoms with van der Waals surface area (Å²) in [7, 11) is 0. The van der Waals surface area contributed by atoms with Gasteiger partial charge >= 0.3 is 0 Å². The molecule has 2 aromatic rings. The molecule has 25 heavy (non-hydrogen) atoms. The minimum atomic E-state index is -0.149. The second kappa shape index (κ2) is 6.46. The molecule has 1 aromatic heterocycles. The smallest absolute Gasteiger partial charge is 0.256 e. The minimum Gasteiger partial charge on any atom is -0.353 e. The molecule has 5 heteroatoms. The van der Waals surface area contributed by atoms with E-state index in [9.17, 15) is 4.79 Å². The molecule has 4 rings (SSSR count). The van der Waals surface area contributed by atoms with Crippen LogP contribution in [0, 0.1) is 0 Å². The van der Waals surface area contributed by atoms with E-state index < -0.39 is 0 Å². The van der Waals surface area contributed by atoms with Crippen LogP contribution in [-0.2, 0) is 13.0 Å². The largest absolute Gasteiger partial charge is 0.353 e. The number of carbonyl (C=O) groups is 1. The number of likely N-dealkylation sites (N-methyl/N-ethyl adjacent to an activating group) is 1. The number of nitrogens with zero attached hydrogens (tertiary/aromatic N) is 1. The summed E-state index contributed by atoms with van der Waals surface area (Å²) in [6.45, 7) is 9.65. The average molecular weight is 356 g/mol. The highest BCUT2D eigenvalue weighted by Gasteiger charge is 2.33. The molecule has 1 atom stereocenters. The molecule has 0 bridgehead atoms. The van der Waals surface area contributed by atoms with Gasteiger partial charge in [0.05, 0.1) is 5.56 Å². The number of hydrogen-bond donors (Lipinski definition) is 2. The summed E-state index contributed by atoms with van der Waals surface area (Å²) in [6, 6.07) is 8.54. The second-order valence-electron chi connectivity index (χ2n) is 7.20. The first-order chi connectivity index (χ1) is 12.1. The first kappa shape index (κ1) is 16.6. The van der Waals surface area contributed by atoms with Crippen LogP contribution in [0.15, 0.2) is 24.3 Å². The van der Waals surface area contributed by atoms with E-state index in [4.69, 9.17) is 0 Å². The highest BCUT2D eigenvalue weighted by atomic mass is 32.1. The van der Waals surface area contributed by atoms with Crippen molar-refractivity contribution in [3.63, 3.8) is 0 Å². The molecule has 2 N–H and O–H groups in total. The second-order valence-corrected chi connectivity index (χ2v) is 8.30. The van der Waals surface area contributed by atoms with Crippen LogP contribution in [0.2, 0.25) is 0 Å². The maximum Gasteiger partial charge on any atom is 0.256 e. The fourth-order valence-electron chi connectivity index (χ4n) is 3.68. The molecule has 0 unspecified atom stereocenters. The van der Waals surface area contributed by atoms with Crippen molar-refractivity contribution >= 4 is 22.2 Å². The van der Waals surface area contributed by atoms with Crippen molar-refractivity contribution in [1.82, 2.24) is 10.2 Å². The molecule has 1 aromatic carbocycles. The monoisotopic (exact) mass is 355 g/mol. The molecule has 1 amide bonds. The van der Waals surface area contributed by atoms with Crippen molar-refractivity contribution in [2.75, 3.05) is 18.4 Å². The summed E-state index contributed by atoms with van der Waals surface area (Å²) in [5, 5.41) is 7.72. The van der Waals surface area contributed by atoms with Crippen molar-refractivity contribution in [3.05, 3.63) is 51.4 Å². The zero-order valence-electron chi connectivity index (χ0n) is 15.1. The van der Waals surface area contributed by atoms with E-state index in [1.807, 2.05) is 0 Å². The van der Waals surface area contributed by atoms with Crippen LogP contribution in [0.25, 0.3) is 0 Å².